The molecular weight excluding hydrogens is 435 g/mol. The number of pyridine rings is 1. The van der Waals surface area contributed by atoms with Gasteiger partial charge in [0.25, 0.3) is 0 Å². The summed E-state index contributed by atoms with van der Waals surface area (Å²) < 4.78 is 23.8. The molecule has 0 spiro atoms. The van der Waals surface area contributed by atoms with Gasteiger partial charge in [0.15, 0.2) is 5.82 Å². The first-order valence-corrected chi connectivity index (χ1v) is 11.5. The molecule has 0 atom stereocenters. The number of nitrogens with one attached hydrogen (secondary N) is 2. The Labute approximate surface area is 198 Å². The van der Waals surface area contributed by atoms with Gasteiger partial charge in [-0.25, -0.2) is 4.39 Å². The van der Waals surface area contributed by atoms with Gasteiger partial charge in [-0.3, -0.25) is 15.6 Å². The van der Waals surface area contributed by atoms with Crippen LogP contribution in [-0.4, -0.2) is 28.7 Å². The smallest absolute Gasteiger partial charge is 0.217 e. The molecule has 1 amide bonds. The summed E-state index contributed by atoms with van der Waals surface area (Å²) in [5.41, 5.74) is 12.0. The van der Waals surface area contributed by atoms with Crippen LogP contribution < -0.4 is 22.3 Å². The van der Waals surface area contributed by atoms with E-state index in [0.29, 0.717) is 53.7 Å². The predicted octanol–water partition coefficient (Wildman–Crippen LogP) is 3.24. The summed E-state index contributed by atoms with van der Waals surface area (Å²) in [5.74, 6) is 5.49. The van der Waals surface area contributed by atoms with Crippen LogP contribution in [0.1, 0.15) is 51.7 Å². The van der Waals surface area contributed by atoms with Gasteiger partial charge in [0.1, 0.15) is 0 Å². The summed E-state index contributed by atoms with van der Waals surface area (Å²) in [4.78, 5) is 16.5. The fraction of sp³-hybridized carbons (Fsp3) is 0.440. The molecule has 34 heavy (non-hydrogen) atoms. The molecule has 6 N–H and O–H groups in total. The maximum absolute atomic E-state index is 16.2. The monoisotopic (exact) mass is 468 g/mol. The van der Waals surface area contributed by atoms with E-state index in [1.807, 2.05) is 16.7 Å². The number of allylic oxidation sites excluding steroid dienone is 1. The largest absolute Gasteiger partial charge is 0.401 e. The summed E-state index contributed by atoms with van der Waals surface area (Å²) in [5, 5.41) is 3.58. The van der Waals surface area contributed by atoms with Crippen LogP contribution in [0.5, 0.6) is 0 Å². The van der Waals surface area contributed by atoms with E-state index in [1.54, 1.807) is 33.0 Å². The zero-order valence-corrected chi connectivity index (χ0v) is 20.2. The Hall–Kier alpha value is -3.17. The minimum absolute atomic E-state index is 0.218. The standard InChI is InChI=1S/C25H33FN6O2/c1-14(27)22(31-28)17-11-20-23(29-12-17)18-5-6-19(25(3,4)30-15(2)33)21(26)24(18)32(20)13-16-7-9-34-10-8-16/h5-6,11-12,16,31H,7-10,13,27-28H2,1-4H3,(H,30,33)/b22-14-. The third kappa shape index (κ3) is 4.33. The van der Waals surface area contributed by atoms with Crippen molar-refractivity contribution in [2.45, 2.75) is 52.6 Å². The summed E-state index contributed by atoms with van der Waals surface area (Å²) in [7, 11) is 0. The molecule has 0 bridgehead atoms. The highest BCUT2D eigenvalue weighted by molar-refractivity contribution is 6.06. The lowest BCUT2D eigenvalue weighted by molar-refractivity contribution is -0.120. The number of benzene rings is 1. The van der Waals surface area contributed by atoms with Crippen molar-refractivity contribution in [2.24, 2.45) is 17.5 Å². The number of fused-ring (bicyclic) bond motifs is 3. The first-order chi connectivity index (χ1) is 16.1. The van der Waals surface area contributed by atoms with Crippen molar-refractivity contribution in [3.05, 3.63) is 47.0 Å². The average molecular weight is 469 g/mol. The van der Waals surface area contributed by atoms with E-state index in [2.05, 4.69) is 15.7 Å². The van der Waals surface area contributed by atoms with Gasteiger partial charge in [-0.15, -0.1) is 0 Å². The summed E-state index contributed by atoms with van der Waals surface area (Å²) >= 11 is 0. The van der Waals surface area contributed by atoms with Crippen molar-refractivity contribution >= 4 is 33.5 Å². The Bertz CT molecular complexity index is 1270. The molecule has 0 aliphatic carbocycles. The summed E-state index contributed by atoms with van der Waals surface area (Å²) in [6, 6.07) is 5.57. The highest BCUT2D eigenvalue weighted by Crippen LogP contribution is 2.36. The molecule has 182 valence electrons. The fourth-order valence-corrected chi connectivity index (χ4v) is 4.93. The number of ether oxygens (including phenoxy) is 1. The maximum atomic E-state index is 16.2. The van der Waals surface area contributed by atoms with Crippen LogP contribution in [0.4, 0.5) is 4.39 Å². The van der Waals surface area contributed by atoms with Crippen molar-refractivity contribution in [1.29, 1.82) is 0 Å². The molecule has 9 heteroatoms. The first kappa shape index (κ1) is 24.0. The molecule has 1 aliphatic heterocycles. The third-order valence-electron chi connectivity index (χ3n) is 6.57. The van der Waals surface area contributed by atoms with Crippen LogP contribution >= 0.6 is 0 Å². The van der Waals surface area contributed by atoms with Gasteiger partial charge < -0.3 is 25.8 Å². The van der Waals surface area contributed by atoms with E-state index in [4.69, 9.17) is 16.3 Å². The van der Waals surface area contributed by atoms with E-state index in [1.165, 1.54) is 6.92 Å². The average Bonchev–Trinajstić information content (AvgIpc) is 3.08. The Balaban J connectivity index is 1.98. The van der Waals surface area contributed by atoms with Crippen LogP contribution in [0, 0.1) is 11.7 Å². The second kappa shape index (κ2) is 9.23. The topological polar surface area (TPSA) is 120 Å². The highest BCUT2D eigenvalue weighted by Gasteiger charge is 2.29. The normalized spacial score (nSPS) is 16.1. The maximum Gasteiger partial charge on any atom is 0.217 e. The van der Waals surface area contributed by atoms with Crippen molar-refractivity contribution in [3.63, 3.8) is 0 Å². The number of hydrogen-bond donors (Lipinski definition) is 4. The minimum Gasteiger partial charge on any atom is -0.401 e. The molecule has 1 fully saturated rings. The van der Waals surface area contributed by atoms with Crippen molar-refractivity contribution in [2.75, 3.05) is 13.2 Å². The Morgan fingerprint density at radius 2 is 2.00 bits per heavy atom. The molecule has 3 heterocycles. The number of hydrazine groups is 1. The summed E-state index contributed by atoms with van der Waals surface area (Å²) in [6.07, 6.45) is 3.51. The number of carbonyl (C=O) groups is 1. The minimum atomic E-state index is -0.876. The second-order valence-corrected chi connectivity index (χ2v) is 9.59. The first-order valence-electron chi connectivity index (χ1n) is 11.5. The van der Waals surface area contributed by atoms with Crippen LogP contribution in [0.15, 0.2) is 30.1 Å². The van der Waals surface area contributed by atoms with Gasteiger partial charge in [-0.05, 0) is 45.6 Å². The highest BCUT2D eigenvalue weighted by atomic mass is 19.1. The van der Waals surface area contributed by atoms with Gasteiger partial charge in [0.2, 0.25) is 5.91 Å². The molecule has 8 nitrogen and oxygen atoms in total. The second-order valence-electron chi connectivity index (χ2n) is 9.59. The zero-order chi connectivity index (χ0) is 24.6. The third-order valence-corrected chi connectivity index (χ3v) is 6.57. The number of carbonyl (C=O) groups excluding carboxylic acids is 1. The van der Waals surface area contributed by atoms with E-state index < -0.39 is 5.54 Å². The van der Waals surface area contributed by atoms with Gasteiger partial charge >= 0.3 is 0 Å². The van der Waals surface area contributed by atoms with Crippen molar-refractivity contribution in [1.82, 2.24) is 20.3 Å². The van der Waals surface area contributed by atoms with Crippen molar-refractivity contribution in [3.8, 4) is 0 Å². The number of hydrogen-bond acceptors (Lipinski definition) is 6. The number of halogens is 1. The van der Waals surface area contributed by atoms with Gasteiger partial charge in [-0.2, -0.15) is 0 Å². The van der Waals surface area contributed by atoms with Crippen molar-refractivity contribution < 1.29 is 13.9 Å². The predicted molar refractivity (Wildman–Crippen MR) is 132 cm³/mol. The molecule has 3 aromatic rings. The SMILES string of the molecule is CC(=O)NC(C)(C)c1ccc2c3ncc(/C(NN)=C(\C)N)cc3n(CC3CCOCC3)c2c1F. The zero-order valence-electron chi connectivity index (χ0n) is 20.2. The van der Waals surface area contributed by atoms with Crippen LogP contribution in [0.3, 0.4) is 0 Å². The molecule has 1 aliphatic rings. The molecular formula is C25H33FN6O2. The number of nitrogens with two attached hydrogens (primary N) is 2. The van der Waals surface area contributed by atoms with Gasteiger partial charge in [0, 0.05) is 55.1 Å². The van der Waals surface area contributed by atoms with Gasteiger partial charge in [0.05, 0.1) is 27.8 Å². The number of amides is 1. The molecule has 1 saturated heterocycles. The quantitative estimate of drug-likeness (QED) is 0.326. The van der Waals surface area contributed by atoms with Gasteiger partial charge in [-0.1, -0.05) is 12.1 Å². The van der Waals surface area contributed by atoms with Crippen LogP contribution in [0.25, 0.3) is 27.6 Å². The van der Waals surface area contributed by atoms with E-state index >= 15 is 4.39 Å². The molecule has 1 aromatic carbocycles. The Morgan fingerprint density at radius 1 is 1.29 bits per heavy atom. The lowest BCUT2D eigenvalue weighted by atomic mass is 9.92. The number of aromatic nitrogens is 2. The summed E-state index contributed by atoms with van der Waals surface area (Å²) in [6.45, 7) is 8.82. The molecule has 0 radical (unpaired) electrons. The van der Waals surface area contributed by atoms with E-state index in [-0.39, 0.29) is 11.7 Å². The lowest BCUT2D eigenvalue weighted by Crippen LogP contribution is -2.40. The van der Waals surface area contributed by atoms with E-state index in [9.17, 15) is 4.79 Å². The fourth-order valence-electron chi connectivity index (χ4n) is 4.93. The van der Waals surface area contributed by atoms with Crippen LogP contribution in [-0.2, 0) is 21.6 Å². The molecule has 4 rings (SSSR count). The molecule has 2 aromatic heterocycles. The number of nitrogens with zero attached hydrogens (tertiary/aromatic N) is 2. The number of rotatable bonds is 6. The molecule has 0 unspecified atom stereocenters. The molecule has 0 saturated carbocycles. The lowest BCUT2D eigenvalue weighted by Gasteiger charge is -2.27. The van der Waals surface area contributed by atoms with Crippen LogP contribution in [0.2, 0.25) is 0 Å². The Kier molecular flexibility index (Phi) is 6.51. The Morgan fingerprint density at radius 3 is 2.62 bits per heavy atom. The van der Waals surface area contributed by atoms with E-state index in [0.717, 1.165) is 29.3 Å².